The lowest BCUT2D eigenvalue weighted by Gasteiger charge is -1.97. The topological polar surface area (TPSA) is 65.7 Å². The van der Waals surface area contributed by atoms with Crippen LogP contribution in [0.25, 0.3) is 6.08 Å². The van der Waals surface area contributed by atoms with E-state index in [1.54, 1.807) is 12.1 Å². The zero-order valence-electron chi connectivity index (χ0n) is 9.38. The molecule has 0 aliphatic heterocycles. The maximum atomic E-state index is 13.1. The van der Waals surface area contributed by atoms with Crippen molar-refractivity contribution < 1.29 is 14.7 Å². The molecule has 0 saturated heterocycles. The number of aliphatic hydroxyl groups excluding tert-OH is 1. The fourth-order valence-electron chi connectivity index (χ4n) is 1.29. The fourth-order valence-corrected chi connectivity index (χ4v) is 1.29. The van der Waals surface area contributed by atoms with Crippen LogP contribution in [0.5, 0.6) is 0 Å². The normalized spacial score (nSPS) is 11.6. The third kappa shape index (κ3) is 4.74. The van der Waals surface area contributed by atoms with Crippen molar-refractivity contribution in [2.75, 3.05) is 6.61 Å². The summed E-state index contributed by atoms with van der Waals surface area (Å²) in [5, 5.41) is 19.7. The molecule has 0 radical (unpaired) electrons. The van der Waals surface area contributed by atoms with Gasteiger partial charge in [0.15, 0.2) is 5.82 Å². The molecule has 0 spiro atoms. The van der Waals surface area contributed by atoms with Gasteiger partial charge in [0.25, 0.3) is 0 Å². The lowest BCUT2D eigenvalue weighted by atomic mass is 10.2. The number of oxime groups is 1. The van der Waals surface area contributed by atoms with Gasteiger partial charge in [0.2, 0.25) is 0 Å². The Morgan fingerprint density at radius 1 is 1.35 bits per heavy atom. The van der Waals surface area contributed by atoms with Crippen LogP contribution in [0.2, 0.25) is 0 Å². The summed E-state index contributed by atoms with van der Waals surface area (Å²) in [6.45, 7) is 0.194. The van der Waals surface area contributed by atoms with Gasteiger partial charge in [0.1, 0.15) is 5.69 Å². The Morgan fingerprint density at radius 2 is 2.18 bits per heavy atom. The SMILES string of the molecule is OCCCC/C=C/c1ccc(F)c(/C=N/O)n1. The predicted molar refractivity (Wildman–Crippen MR) is 63.5 cm³/mol. The zero-order valence-corrected chi connectivity index (χ0v) is 9.38. The summed E-state index contributed by atoms with van der Waals surface area (Å²) in [6, 6.07) is 2.82. The number of pyridine rings is 1. The Balaban J connectivity index is 2.62. The van der Waals surface area contributed by atoms with Crippen molar-refractivity contribution in [1.29, 1.82) is 0 Å². The molecule has 5 heteroatoms. The minimum absolute atomic E-state index is 0.00464. The Hall–Kier alpha value is -1.75. The second-order valence-electron chi connectivity index (χ2n) is 3.47. The van der Waals surface area contributed by atoms with E-state index in [0.29, 0.717) is 5.69 Å². The van der Waals surface area contributed by atoms with Gasteiger partial charge < -0.3 is 10.3 Å². The molecule has 0 atom stereocenters. The van der Waals surface area contributed by atoms with Crippen molar-refractivity contribution in [3.05, 3.63) is 35.4 Å². The van der Waals surface area contributed by atoms with Crippen LogP contribution in [0.4, 0.5) is 4.39 Å². The highest BCUT2D eigenvalue weighted by Gasteiger charge is 2.01. The number of halogens is 1. The van der Waals surface area contributed by atoms with Crippen LogP contribution in [0, 0.1) is 5.82 Å². The van der Waals surface area contributed by atoms with Crippen LogP contribution in [-0.2, 0) is 0 Å². The molecule has 0 aliphatic carbocycles. The summed E-state index contributed by atoms with van der Waals surface area (Å²) in [4.78, 5) is 3.96. The van der Waals surface area contributed by atoms with Crippen molar-refractivity contribution in [2.45, 2.75) is 19.3 Å². The third-order valence-electron chi connectivity index (χ3n) is 2.14. The third-order valence-corrected chi connectivity index (χ3v) is 2.14. The van der Waals surface area contributed by atoms with Gasteiger partial charge in [0, 0.05) is 6.61 Å². The molecule has 1 rings (SSSR count). The molecule has 0 aliphatic rings. The molecule has 0 fully saturated rings. The molecule has 0 aromatic carbocycles. The first kappa shape index (κ1) is 13.3. The number of unbranched alkanes of at least 4 members (excludes halogenated alkanes) is 2. The highest BCUT2D eigenvalue weighted by atomic mass is 19.1. The number of hydrogen-bond donors (Lipinski definition) is 2. The predicted octanol–water partition coefficient (Wildman–Crippen LogP) is 2.20. The molecule has 1 aromatic rings. The second-order valence-corrected chi connectivity index (χ2v) is 3.47. The molecule has 1 aromatic heterocycles. The number of aliphatic hydroxyl groups is 1. The summed E-state index contributed by atoms with van der Waals surface area (Å²) in [7, 11) is 0. The van der Waals surface area contributed by atoms with Gasteiger partial charge in [-0.2, -0.15) is 0 Å². The fraction of sp³-hybridized carbons (Fsp3) is 0.333. The Labute approximate surface area is 99.1 Å². The molecule has 0 amide bonds. The standard InChI is InChI=1S/C12H15FN2O2/c13-11-7-6-10(15-12(11)9-14-17)5-3-1-2-4-8-16/h3,5-7,9,16-17H,1-2,4,8H2/b5-3+,14-9+. The smallest absolute Gasteiger partial charge is 0.150 e. The van der Waals surface area contributed by atoms with Crippen LogP contribution in [0.15, 0.2) is 23.4 Å². The van der Waals surface area contributed by atoms with Crippen LogP contribution in [0.1, 0.15) is 30.7 Å². The van der Waals surface area contributed by atoms with E-state index in [0.717, 1.165) is 25.5 Å². The van der Waals surface area contributed by atoms with Crippen molar-refractivity contribution in [1.82, 2.24) is 4.98 Å². The molecular weight excluding hydrogens is 223 g/mol. The van der Waals surface area contributed by atoms with E-state index >= 15 is 0 Å². The van der Waals surface area contributed by atoms with Crippen LogP contribution >= 0.6 is 0 Å². The first-order chi connectivity index (χ1) is 8.27. The Kier molecular flexibility index (Phi) is 5.88. The van der Waals surface area contributed by atoms with E-state index in [-0.39, 0.29) is 12.3 Å². The molecule has 2 N–H and O–H groups in total. The maximum Gasteiger partial charge on any atom is 0.150 e. The van der Waals surface area contributed by atoms with E-state index in [4.69, 9.17) is 10.3 Å². The number of nitrogens with zero attached hydrogens (tertiary/aromatic N) is 2. The molecule has 92 valence electrons. The van der Waals surface area contributed by atoms with Crippen molar-refractivity contribution in [2.24, 2.45) is 5.16 Å². The first-order valence-corrected chi connectivity index (χ1v) is 5.39. The Bertz CT molecular complexity index is 405. The summed E-state index contributed by atoms with van der Waals surface area (Å²) in [5.74, 6) is -0.528. The molecule has 17 heavy (non-hydrogen) atoms. The van der Waals surface area contributed by atoms with Gasteiger partial charge >= 0.3 is 0 Å². The average molecular weight is 238 g/mol. The molecule has 1 heterocycles. The quantitative estimate of drug-likeness (QED) is 0.345. The largest absolute Gasteiger partial charge is 0.411 e. The van der Waals surface area contributed by atoms with Gasteiger partial charge in [-0.05, 0) is 37.5 Å². The average Bonchev–Trinajstić information content (AvgIpc) is 2.33. The van der Waals surface area contributed by atoms with Gasteiger partial charge in [-0.15, -0.1) is 0 Å². The minimum Gasteiger partial charge on any atom is -0.411 e. The van der Waals surface area contributed by atoms with Crippen molar-refractivity contribution in [3.8, 4) is 0 Å². The minimum atomic E-state index is -0.528. The highest BCUT2D eigenvalue weighted by molar-refractivity contribution is 5.77. The number of rotatable bonds is 6. The highest BCUT2D eigenvalue weighted by Crippen LogP contribution is 2.07. The monoisotopic (exact) mass is 238 g/mol. The Morgan fingerprint density at radius 3 is 2.88 bits per heavy atom. The maximum absolute atomic E-state index is 13.1. The van der Waals surface area contributed by atoms with Crippen molar-refractivity contribution >= 4 is 12.3 Å². The summed E-state index contributed by atoms with van der Waals surface area (Å²) >= 11 is 0. The molecule has 4 nitrogen and oxygen atoms in total. The summed E-state index contributed by atoms with van der Waals surface area (Å²) in [5.41, 5.74) is 0.607. The zero-order chi connectivity index (χ0) is 12.5. The van der Waals surface area contributed by atoms with Crippen LogP contribution in [-0.4, -0.2) is 28.1 Å². The number of aromatic nitrogens is 1. The van der Waals surface area contributed by atoms with E-state index in [1.807, 2.05) is 6.08 Å². The van der Waals surface area contributed by atoms with Crippen molar-refractivity contribution in [3.63, 3.8) is 0 Å². The number of allylic oxidation sites excluding steroid dienone is 1. The first-order valence-electron chi connectivity index (χ1n) is 5.39. The van der Waals surface area contributed by atoms with E-state index in [9.17, 15) is 4.39 Å². The summed E-state index contributed by atoms with van der Waals surface area (Å²) in [6.07, 6.45) is 7.14. The number of hydrogen-bond acceptors (Lipinski definition) is 4. The molecular formula is C12H15FN2O2. The van der Waals surface area contributed by atoms with Gasteiger partial charge in [-0.25, -0.2) is 9.37 Å². The lowest BCUT2D eigenvalue weighted by molar-refractivity contribution is 0.285. The lowest BCUT2D eigenvalue weighted by Crippen LogP contribution is -1.95. The van der Waals surface area contributed by atoms with Crippen LogP contribution < -0.4 is 0 Å². The van der Waals surface area contributed by atoms with Gasteiger partial charge in [-0.3, -0.25) is 0 Å². The summed E-state index contributed by atoms with van der Waals surface area (Å²) < 4.78 is 13.1. The van der Waals surface area contributed by atoms with E-state index in [2.05, 4.69) is 10.1 Å². The van der Waals surface area contributed by atoms with E-state index in [1.165, 1.54) is 6.07 Å². The van der Waals surface area contributed by atoms with E-state index < -0.39 is 5.82 Å². The van der Waals surface area contributed by atoms with Crippen LogP contribution in [0.3, 0.4) is 0 Å². The molecule has 0 bridgehead atoms. The molecule has 0 unspecified atom stereocenters. The van der Waals surface area contributed by atoms with Gasteiger partial charge in [-0.1, -0.05) is 11.2 Å². The second kappa shape index (κ2) is 7.51. The molecule has 0 saturated carbocycles. The van der Waals surface area contributed by atoms with Gasteiger partial charge in [0.05, 0.1) is 11.9 Å².